The summed E-state index contributed by atoms with van der Waals surface area (Å²) in [7, 11) is -0.443. The summed E-state index contributed by atoms with van der Waals surface area (Å²) in [6.45, 7) is 10.0. The van der Waals surface area contributed by atoms with Crippen molar-refractivity contribution in [3.63, 3.8) is 0 Å². The van der Waals surface area contributed by atoms with Crippen molar-refractivity contribution < 1.29 is 4.79 Å². The van der Waals surface area contributed by atoms with Gasteiger partial charge in [0.1, 0.15) is 0 Å². The molecular weight excluding hydrogens is 152 g/mol. The summed E-state index contributed by atoms with van der Waals surface area (Å²) in [6.07, 6.45) is 1.77. The number of carbonyl (C=O) groups is 1. The number of allylic oxidation sites excluding steroid dienone is 1. The van der Waals surface area contributed by atoms with Crippen LogP contribution in [-0.2, 0) is 4.79 Å². The van der Waals surface area contributed by atoms with E-state index in [4.69, 9.17) is 0 Å². The molecule has 0 radical (unpaired) electrons. The smallest absolute Gasteiger partial charge is 0.157 e. The number of carbonyl (C=O) groups excluding carboxylic acids is 1. The maximum Gasteiger partial charge on any atom is 0.157 e. The van der Waals surface area contributed by atoms with Crippen molar-refractivity contribution in [1.29, 1.82) is 0 Å². The molecular formula is C9H18OSi. The Morgan fingerprint density at radius 1 is 1.45 bits per heavy atom. The van der Waals surface area contributed by atoms with Crippen LogP contribution in [0.4, 0.5) is 0 Å². The number of rotatable bonds is 5. The Morgan fingerprint density at radius 2 is 2.00 bits per heavy atom. The first-order chi connectivity index (χ1) is 5.04. The van der Waals surface area contributed by atoms with Gasteiger partial charge in [-0.15, -0.1) is 0 Å². The molecule has 0 saturated carbocycles. The van der Waals surface area contributed by atoms with Gasteiger partial charge >= 0.3 is 0 Å². The largest absolute Gasteiger partial charge is 0.295 e. The molecule has 0 aromatic carbocycles. The molecule has 0 atom stereocenters. The van der Waals surface area contributed by atoms with Crippen LogP contribution in [0.2, 0.25) is 19.1 Å². The minimum atomic E-state index is -0.443. The highest BCUT2D eigenvalue weighted by Crippen LogP contribution is 2.05. The van der Waals surface area contributed by atoms with E-state index in [1.165, 1.54) is 6.04 Å². The Morgan fingerprint density at radius 3 is 2.36 bits per heavy atom. The maximum absolute atomic E-state index is 11.0. The minimum absolute atomic E-state index is 0.236. The topological polar surface area (TPSA) is 17.1 Å². The average molecular weight is 170 g/mol. The van der Waals surface area contributed by atoms with Crippen LogP contribution in [0.25, 0.3) is 0 Å². The number of hydrogen-bond donors (Lipinski definition) is 0. The number of ketones is 1. The van der Waals surface area contributed by atoms with Crippen LogP contribution < -0.4 is 0 Å². The van der Waals surface area contributed by atoms with Crippen molar-refractivity contribution in [3.05, 3.63) is 12.2 Å². The van der Waals surface area contributed by atoms with Gasteiger partial charge in [0.25, 0.3) is 0 Å². The summed E-state index contributed by atoms with van der Waals surface area (Å²) in [5.41, 5.74) is 0.704. The molecule has 0 N–H and O–H groups in total. The summed E-state index contributed by atoms with van der Waals surface area (Å²) >= 11 is 0. The van der Waals surface area contributed by atoms with Gasteiger partial charge in [-0.3, -0.25) is 4.79 Å². The lowest BCUT2D eigenvalue weighted by Gasteiger charge is -2.01. The lowest BCUT2D eigenvalue weighted by atomic mass is 10.1. The van der Waals surface area contributed by atoms with Crippen molar-refractivity contribution in [3.8, 4) is 0 Å². The molecule has 0 aromatic heterocycles. The molecule has 11 heavy (non-hydrogen) atoms. The lowest BCUT2D eigenvalue weighted by Crippen LogP contribution is -2.02. The zero-order valence-corrected chi connectivity index (χ0v) is 8.97. The molecule has 0 bridgehead atoms. The molecule has 0 aliphatic carbocycles. The SMILES string of the molecule is C=C(C)C(=O)CCC[SiH](C)C. The van der Waals surface area contributed by atoms with Gasteiger partial charge in [-0.25, -0.2) is 0 Å². The standard InChI is InChI=1S/C9H18OSi/c1-8(2)9(10)6-5-7-11(3)4/h11H,1,5-7H2,2-4H3. The van der Waals surface area contributed by atoms with Crippen LogP contribution in [-0.4, -0.2) is 14.6 Å². The van der Waals surface area contributed by atoms with Crippen molar-refractivity contribution in [1.82, 2.24) is 0 Å². The van der Waals surface area contributed by atoms with Crippen LogP contribution in [0.1, 0.15) is 19.8 Å². The first kappa shape index (κ1) is 10.6. The van der Waals surface area contributed by atoms with E-state index in [0.29, 0.717) is 12.0 Å². The van der Waals surface area contributed by atoms with Crippen molar-refractivity contribution in [2.75, 3.05) is 0 Å². The fraction of sp³-hybridized carbons (Fsp3) is 0.667. The Balaban J connectivity index is 3.40. The van der Waals surface area contributed by atoms with Crippen molar-refractivity contribution in [2.45, 2.75) is 38.9 Å². The minimum Gasteiger partial charge on any atom is -0.295 e. The Hall–Kier alpha value is -0.373. The van der Waals surface area contributed by atoms with Crippen molar-refractivity contribution >= 4 is 14.6 Å². The van der Waals surface area contributed by atoms with Gasteiger partial charge in [-0.05, 0) is 18.9 Å². The Labute approximate surface area is 71.1 Å². The molecule has 2 heteroatoms. The van der Waals surface area contributed by atoms with Crippen LogP contribution in [0, 0.1) is 0 Å². The molecule has 0 unspecified atom stereocenters. The second-order valence-corrected chi connectivity index (χ2v) is 6.85. The van der Waals surface area contributed by atoms with E-state index >= 15 is 0 Å². The molecule has 0 aliphatic rings. The summed E-state index contributed by atoms with van der Waals surface area (Å²) in [6, 6.07) is 1.28. The van der Waals surface area contributed by atoms with Crippen LogP contribution in [0.3, 0.4) is 0 Å². The highest BCUT2D eigenvalue weighted by molar-refractivity contribution is 6.55. The molecule has 1 nitrogen and oxygen atoms in total. The molecule has 0 heterocycles. The highest BCUT2D eigenvalue weighted by Gasteiger charge is 2.02. The van der Waals surface area contributed by atoms with E-state index in [9.17, 15) is 4.79 Å². The zero-order valence-electron chi connectivity index (χ0n) is 7.81. The predicted octanol–water partition coefficient (Wildman–Crippen LogP) is 2.40. The molecule has 0 rings (SSSR count). The highest BCUT2D eigenvalue weighted by atomic mass is 28.3. The Bertz CT molecular complexity index is 150. The third-order valence-electron chi connectivity index (χ3n) is 1.66. The predicted molar refractivity (Wildman–Crippen MR) is 52.7 cm³/mol. The van der Waals surface area contributed by atoms with E-state index in [0.717, 1.165) is 6.42 Å². The number of hydrogen-bond acceptors (Lipinski definition) is 1. The van der Waals surface area contributed by atoms with Gasteiger partial charge in [0, 0.05) is 15.2 Å². The summed E-state index contributed by atoms with van der Waals surface area (Å²) in [5.74, 6) is 0.236. The first-order valence-electron chi connectivity index (χ1n) is 4.22. The van der Waals surface area contributed by atoms with Gasteiger partial charge in [0.15, 0.2) is 5.78 Å². The zero-order chi connectivity index (χ0) is 8.85. The summed E-state index contributed by atoms with van der Waals surface area (Å²) in [4.78, 5) is 11.0. The van der Waals surface area contributed by atoms with Gasteiger partial charge < -0.3 is 0 Å². The van der Waals surface area contributed by atoms with Gasteiger partial charge in [-0.2, -0.15) is 0 Å². The molecule has 64 valence electrons. The molecule has 0 aliphatic heterocycles. The van der Waals surface area contributed by atoms with E-state index in [-0.39, 0.29) is 5.78 Å². The van der Waals surface area contributed by atoms with Crippen LogP contribution >= 0.6 is 0 Å². The van der Waals surface area contributed by atoms with Crippen LogP contribution in [0.15, 0.2) is 12.2 Å². The molecule has 0 aromatic rings. The quantitative estimate of drug-likeness (QED) is 0.457. The summed E-state index contributed by atoms with van der Waals surface area (Å²) in [5, 5.41) is 0. The normalized spacial score (nSPS) is 10.2. The van der Waals surface area contributed by atoms with E-state index in [1.807, 2.05) is 0 Å². The fourth-order valence-corrected chi connectivity index (χ4v) is 1.90. The Kier molecular flexibility index (Phi) is 5.12. The second kappa shape index (κ2) is 5.30. The van der Waals surface area contributed by atoms with Gasteiger partial charge in [0.2, 0.25) is 0 Å². The average Bonchev–Trinajstić information content (AvgIpc) is 1.86. The first-order valence-corrected chi connectivity index (χ1v) is 7.35. The van der Waals surface area contributed by atoms with Gasteiger partial charge in [0.05, 0.1) is 0 Å². The van der Waals surface area contributed by atoms with Gasteiger partial charge in [-0.1, -0.05) is 25.7 Å². The molecule has 0 spiro atoms. The third kappa shape index (κ3) is 6.04. The number of Topliss-reactive ketones (excluding diaryl/α,β-unsaturated/α-hetero) is 1. The third-order valence-corrected chi connectivity index (χ3v) is 3.22. The molecule has 0 saturated heterocycles. The van der Waals surface area contributed by atoms with Crippen molar-refractivity contribution in [2.24, 2.45) is 0 Å². The lowest BCUT2D eigenvalue weighted by molar-refractivity contribution is -0.115. The maximum atomic E-state index is 11.0. The monoisotopic (exact) mass is 170 g/mol. The van der Waals surface area contributed by atoms with E-state index < -0.39 is 8.80 Å². The molecule has 0 amide bonds. The second-order valence-electron chi connectivity index (χ2n) is 3.49. The van der Waals surface area contributed by atoms with Crippen LogP contribution in [0.5, 0.6) is 0 Å². The fourth-order valence-electron chi connectivity index (χ4n) is 0.884. The summed E-state index contributed by atoms with van der Waals surface area (Å²) < 4.78 is 0. The van der Waals surface area contributed by atoms with E-state index in [1.54, 1.807) is 6.92 Å². The molecule has 0 fully saturated rings. The van der Waals surface area contributed by atoms with E-state index in [2.05, 4.69) is 19.7 Å².